The third kappa shape index (κ3) is 2.99. The predicted octanol–water partition coefficient (Wildman–Crippen LogP) is 4.09. The van der Waals surface area contributed by atoms with Crippen LogP contribution in [0.4, 0.5) is 4.39 Å². The molecule has 26 heavy (non-hydrogen) atoms. The van der Waals surface area contributed by atoms with E-state index in [1.165, 1.54) is 18.2 Å². The minimum absolute atomic E-state index is 0.109. The third-order valence-corrected chi connectivity index (χ3v) is 5.99. The molecular weight excluding hydrogens is 355 g/mol. The lowest BCUT2D eigenvalue weighted by molar-refractivity contribution is 0.0699. The van der Waals surface area contributed by atoms with Gasteiger partial charge in [-0.25, -0.2) is 9.18 Å². The highest BCUT2D eigenvalue weighted by molar-refractivity contribution is 7.15. The first-order chi connectivity index (χ1) is 12.5. The maximum atomic E-state index is 13.3. The van der Waals surface area contributed by atoms with Crippen molar-refractivity contribution in [3.8, 4) is 0 Å². The van der Waals surface area contributed by atoms with Gasteiger partial charge < -0.3 is 15.0 Å². The zero-order chi connectivity index (χ0) is 18.3. The monoisotopic (exact) mass is 372 g/mol. The molecule has 1 aliphatic rings. The van der Waals surface area contributed by atoms with Crippen LogP contribution in [-0.4, -0.2) is 40.0 Å². The Morgan fingerprint density at radius 1 is 1.15 bits per heavy atom. The number of nitrogens with one attached hydrogen (secondary N) is 1. The van der Waals surface area contributed by atoms with E-state index in [0.29, 0.717) is 23.9 Å². The van der Waals surface area contributed by atoms with Gasteiger partial charge in [0.1, 0.15) is 10.7 Å². The molecule has 4 rings (SSSR count). The molecule has 0 unspecified atom stereocenters. The van der Waals surface area contributed by atoms with E-state index in [4.69, 9.17) is 5.11 Å². The van der Waals surface area contributed by atoms with Crippen LogP contribution in [0.5, 0.6) is 0 Å². The summed E-state index contributed by atoms with van der Waals surface area (Å²) in [5.74, 6) is -1.07. The lowest BCUT2D eigenvalue weighted by Gasteiger charge is -2.31. The molecule has 0 radical (unpaired) electrons. The Hall–Kier alpha value is -2.67. The van der Waals surface area contributed by atoms with Crippen molar-refractivity contribution < 1.29 is 19.1 Å². The third-order valence-electron chi connectivity index (χ3n) is 4.93. The van der Waals surface area contributed by atoms with Crippen LogP contribution in [0.3, 0.4) is 0 Å². The number of carboxylic acid groups (broad SMARTS) is 1. The van der Waals surface area contributed by atoms with E-state index in [1.54, 1.807) is 17.0 Å². The Labute approximate surface area is 153 Å². The van der Waals surface area contributed by atoms with Crippen LogP contribution in [0.2, 0.25) is 0 Å². The van der Waals surface area contributed by atoms with Crippen molar-refractivity contribution in [3.63, 3.8) is 0 Å². The van der Waals surface area contributed by atoms with Crippen molar-refractivity contribution in [1.82, 2.24) is 9.88 Å². The number of aromatic carboxylic acids is 1. The molecule has 1 saturated heterocycles. The summed E-state index contributed by atoms with van der Waals surface area (Å²) in [7, 11) is 0. The Morgan fingerprint density at radius 2 is 1.88 bits per heavy atom. The van der Waals surface area contributed by atoms with Crippen LogP contribution in [0.15, 0.2) is 36.5 Å². The fraction of sp³-hybridized carbons (Fsp3) is 0.263. The second-order valence-electron chi connectivity index (χ2n) is 6.47. The number of H-pyrrole nitrogens is 1. The van der Waals surface area contributed by atoms with Crippen molar-refractivity contribution in [2.45, 2.75) is 18.8 Å². The summed E-state index contributed by atoms with van der Waals surface area (Å²) in [5.41, 5.74) is 1.95. The number of nitrogens with zero attached hydrogens (tertiary/aromatic N) is 1. The van der Waals surface area contributed by atoms with Gasteiger partial charge in [-0.05, 0) is 54.7 Å². The van der Waals surface area contributed by atoms with Crippen molar-refractivity contribution in [2.24, 2.45) is 0 Å². The molecule has 3 aromatic rings. The van der Waals surface area contributed by atoms with Gasteiger partial charge in [-0.15, -0.1) is 11.3 Å². The molecule has 1 aliphatic heterocycles. The zero-order valence-electron chi connectivity index (χ0n) is 13.9. The number of halogens is 1. The van der Waals surface area contributed by atoms with Crippen LogP contribution in [0, 0.1) is 5.82 Å². The number of likely N-dealkylation sites (tertiary alicyclic amines) is 1. The van der Waals surface area contributed by atoms with E-state index < -0.39 is 5.97 Å². The first-order valence-corrected chi connectivity index (χ1v) is 9.23. The molecule has 134 valence electrons. The molecule has 7 heteroatoms. The second kappa shape index (κ2) is 6.57. The highest BCUT2D eigenvalue weighted by atomic mass is 32.1. The van der Waals surface area contributed by atoms with E-state index in [2.05, 4.69) is 4.98 Å². The number of hydrogen-bond acceptors (Lipinski definition) is 3. The van der Waals surface area contributed by atoms with E-state index in [1.807, 2.05) is 6.20 Å². The fourth-order valence-electron chi connectivity index (χ4n) is 3.58. The smallest absolute Gasteiger partial charge is 0.345 e. The van der Waals surface area contributed by atoms with Gasteiger partial charge in [-0.1, -0.05) is 0 Å². The van der Waals surface area contributed by atoms with Gasteiger partial charge >= 0.3 is 5.97 Å². The topological polar surface area (TPSA) is 73.4 Å². The van der Waals surface area contributed by atoms with E-state index >= 15 is 0 Å². The molecular formula is C19H17FN2O3S. The number of amides is 1. The normalized spacial score (nSPS) is 15.5. The van der Waals surface area contributed by atoms with Crippen LogP contribution in [0.1, 0.15) is 43.7 Å². The van der Waals surface area contributed by atoms with Crippen LogP contribution >= 0.6 is 11.3 Å². The maximum absolute atomic E-state index is 13.3. The first kappa shape index (κ1) is 16.8. The number of rotatable bonds is 3. The summed E-state index contributed by atoms with van der Waals surface area (Å²) in [4.78, 5) is 29.1. The molecule has 0 atom stereocenters. The van der Waals surface area contributed by atoms with E-state index in [0.717, 1.165) is 40.6 Å². The Morgan fingerprint density at radius 3 is 2.58 bits per heavy atom. The number of aromatic amines is 1. The van der Waals surface area contributed by atoms with Gasteiger partial charge in [0.15, 0.2) is 0 Å². The maximum Gasteiger partial charge on any atom is 0.345 e. The molecule has 0 bridgehead atoms. The number of hydrogen-bond donors (Lipinski definition) is 2. The first-order valence-electron chi connectivity index (χ1n) is 8.42. The predicted molar refractivity (Wildman–Crippen MR) is 97.4 cm³/mol. The summed E-state index contributed by atoms with van der Waals surface area (Å²) in [6, 6.07) is 7.81. The van der Waals surface area contributed by atoms with Gasteiger partial charge in [0, 0.05) is 30.2 Å². The molecule has 5 nitrogen and oxygen atoms in total. The highest BCUT2D eigenvalue weighted by Gasteiger charge is 2.27. The van der Waals surface area contributed by atoms with Crippen LogP contribution in [0.25, 0.3) is 10.9 Å². The number of thiophene rings is 1. The lowest BCUT2D eigenvalue weighted by atomic mass is 9.89. The molecule has 1 aromatic carbocycles. The van der Waals surface area contributed by atoms with Crippen LogP contribution in [-0.2, 0) is 0 Å². The second-order valence-corrected chi connectivity index (χ2v) is 7.55. The SMILES string of the molecule is O=C(O)c1ccc(C(=O)N2CCC(c3c[nH]c4cc(F)ccc34)CC2)s1. The summed E-state index contributed by atoms with van der Waals surface area (Å²) >= 11 is 1.01. The molecule has 0 spiro atoms. The molecule has 0 aliphatic carbocycles. The number of benzene rings is 1. The largest absolute Gasteiger partial charge is 0.477 e. The fourth-order valence-corrected chi connectivity index (χ4v) is 4.39. The molecule has 0 saturated carbocycles. The summed E-state index contributed by atoms with van der Waals surface area (Å²) in [6.07, 6.45) is 3.59. The summed E-state index contributed by atoms with van der Waals surface area (Å²) in [5, 5.41) is 10.0. The van der Waals surface area contributed by atoms with E-state index in [9.17, 15) is 14.0 Å². The summed E-state index contributed by atoms with van der Waals surface area (Å²) < 4.78 is 13.3. The average Bonchev–Trinajstić information content (AvgIpc) is 3.28. The standard InChI is InChI=1S/C19H17FN2O3S/c20-12-1-2-13-14(10-21-15(13)9-12)11-5-7-22(8-6-11)18(23)16-3-4-17(26-16)19(24)25/h1-4,9-11,21H,5-8H2,(H,24,25). The number of carbonyl (C=O) groups excluding carboxylic acids is 1. The van der Waals surface area contributed by atoms with Crippen molar-refractivity contribution in [2.75, 3.05) is 13.1 Å². The quantitative estimate of drug-likeness (QED) is 0.727. The van der Waals surface area contributed by atoms with Gasteiger partial charge in [0.2, 0.25) is 0 Å². The number of aromatic nitrogens is 1. The van der Waals surface area contributed by atoms with Gasteiger partial charge in [-0.2, -0.15) is 0 Å². The minimum Gasteiger partial charge on any atom is -0.477 e. The van der Waals surface area contributed by atoms with E-state index in [-0.39, 0.29) is 16.6 Å². The Balaban J connectivity index is 1.46. The highest BCUT2D eigenvalue weighted by Crippen LogP contribution is 2.34. The molecule has 1 fully saturated rings. The Bertz CT molecular complexity index is 986. The molecule has 2 N–H and O–H groups in total. The molecule has 1 amide bonds. The van der Waals surface area contributed by atoms with Crippen molar-refractivity contribution >= 4 is 34.1 Å². The molecule has 2 aromatic heterocycles. The number of piperidine rings is 1. The van der Waals surface area contributed by atoms with Gasteiger partial charge in [-0.3, -0.25) is 4.79 Å². The average molecular weight is 372 g/mol. The van der Waals surface area contributed by atoms with Crippen molar-refractivity contribution in [1.29, 1.82) is 0 Å². The Kier molecular flexibility index (Phi) is 4.24. The van der Waals surface area contributed by atoms with Gasteiger partial charge in [0.05, 0.1) is 4.88 Å². The number of carbonyl (C=O) groups is 2. The van der Waals surface area contributed by atoms with Gasteiger partial charge in [0.25, 0.3) is 5.91 Å². The van der Waals surface area contributed by atoms with Crippen molar-refractivity contribution in [3.05, 3.63) is 57.7 Å². The molecule has 3 heterocycles. The number of fused-ring (bicyclic) bond motifs is 1. The lowest BCUT2D eigenvalue weighted by Crippen LogP contribution is -2.37. The summed E-state index contributed by atoms with van der Waals surface area (Å²) in [6.45, 7) is 1.25. The van der Waals surface area contributed by atoms with Crippen LogP contribution < -0.4 is 0 Å². The number of carboxylic acids is 1. The minimum atomic E-state index is -1.01. The zero-order valence-corrected chi connectivity index (χ0v) is 14.7.